The van der Waals surface area contributed by atoms with Gasteiger partial charge in [-0.25, -0.2) is 0 Å². The number of aldehydes is 1. The zero-order chi connectivity index (χ0) is 14.4. The number of nitrogen functional groups attached to an aromatic ring is 1. The van der Waals surface area contributed by atoms with Crippen LogP contribution in [0.1, 0.15) is 16.1 Å². The SMILES string of the molecule is Nc1cc(C=O)ccc1OCC(=O)NCc1ccco1. The van der Waals surface area contributed by atoms with Crippen LogP contribution in [-0.4, -0.2) is 18.8 Å². The molecule has 0 atom stereocenters. The van der Waals surface area contributed by atoms with Crippen molar-refractivity contribution in [1.82, 2.24) is 5.32 Å². The van der Waals surface area contributed by atoms with Gasteiger partial charge in [0.2, 0.25) is 0 Å². The van der Waals surface area contributed by atoms with E-state index in [1.165, 1.54) is 12.3 Å². The normalized spacial score (nSPS) is 10.0. The maximum absolute atomic E-state index is 11.6. The Balaban J connectivity index is 1.82. The fraction of sp³-hybridized carbons (Fsp3) is 0.143. The van der Waals surface area contributed by atoms with Crippen LogP contribution in [-0.2, 0) is 11.3 Å². The van der Waals surface area contributed by atoms with Gasteiger partial charge in [0, 0.05) is 5.56 Å². The van der Waals surface area contributed by atoms with E-state index in [4.69, 9.17) is 14.9 Å². The van der Waals surface area contributed by atoms with E-state index in [9.17, 15) is 9.59 Å². The van der Waals surface area contributed by atoms with Crippen molar-refractivity contribution in [1.29, 1.82) is 0 Å². The summed E-state index contributed by atoms with van der Waals surface area (Å²) in [5.74, 6) is 0.734. The van der Waals surface area contributed by atoms with E-state index in [1.54, 1.807) is 24.3 Å². The Bertz CT molecular complexity index is 593. The molecule has 20 heavy (non-hydrogen) atoms. The summed E-state index contributed by atoms with van der Waals surface area (Å²) >= 11 is 0. The number of hydrogen-bond acceptors (Lipinski definition) is 5. The lowest BCUT2D eigenvalue weighted by Gasteiger charge is -2.09. The topological polar surface area (TPSA) is 94.6 Å². The number of carbonyl (C=O) groups is 2. The minimum absolute atomic E-state index is 0.161. The monoisotopic (exact) mass is 274 g/mol. The largest absolute Gasteiger partial charge is 0.482 e. The predicted molar refractivity (Wildman–Crippen MR) is 72.3 cm³/mol. The standard InChI is InChI=1S/C14H14N2O4/c15-12-6-10(8-17)3-4-13(12)20-9-14(18)16-7-11-2-1-5-19-11/h1-6,8H,7,9,15H2,(H,16,18). The van der Waals surface area contributed by atoms with E-state index in [0.717, 1.165) is 0 Å². The first-order valence-corrected chi connectivity index (χ1v) is 5.95. The Morgan fingerprint density at radius 3 is 2.90 bits per heavy atom. The summed E-state index contributed by atoms with van der Waals surface area (Å²) in [5.41, 5.74) is 6.47. The van der Waals surface area contributed by atoms with Crippen LogP contribution >= 0.6 is 0 Å². The molecule has 6 heteroatoms. The number of hydrogen-bond donors (Lipinski definition) is 2. The van der Waals surface area contributed by atoms with Gasteiger partial charge >= 0.3 is 0 Å². The summed E-state index contributed by atoms with van der Waals surface area (Å²) in [6.07, 6.45) is 2.23. The zero-order valence-corrected chi connectivity index (χ0v) is 10.7. The second-order valence-corrected chi connectivity index (χ2v) is 4.06. The Hall–Kier alpha value is -2.76. The van der Waals surface area contributed by atoms with Gasteiger partial charge in [-0.1, -0.05) is 0 Å². The first-order chi connectivity index (χ1) is 9.69. The number of ether oxygens (including phenoxy) is 1. The van der Waals surface area contributed by atoms with E-state index in [0.29, 0.717) is 35.6 Å². The summed E-state index contributed by atoms with van der Waals surface area (Å²) in [7, 11) is 0. The summed E-state index contributed by atoms with van der Waals surface area (Å²) in [4.78, 5) is 22.1. The van der Waals surface area contributed by atoms with Crippen LogP contribution in [0.25, 0.3) is 0 Å². The van der Waals surface area contributed by atoms with Crippen molar-refractivity contribution in [3.05, 3.63) is 47.9 Å². The number of amides is 1. The Morgan fingerprint density at radius 2 is 2.25 bits per heavy atom. The highest BCUT2D eigenvalue weighted by Gasteiger charge is 2.06. The van der Waals surface area contributed by atoms with Gasteiger partial charge in [0.15, 0.2) is 6.61 Å². The van der Waals surface area contributed by atoms with Gasteiger partial charge < -0.3 is 20.2 Å². The number of anilines is 1. The average Bonchev–Trinajstić information content (AvgIpc) is 2.97. The van der Waals surface area contributed by atoms with Gasteiger partial charge in [0.25, 0.3) is 5.91 Å². The molecule has 3 N–H and O–H groups in total. The van der Waals surface area contributed by atoms with Crippen molar-refractivity contribution >= 4 is 17.9 Å². The number of nitrogens with one attached hydrogen (secondary N) is 1. The van der Waals surface area contributed by atoms with E-state index in [-0.39, 0.29) is 12.5 Å². The van der Waals surface area contributed by atoms with Crippen LogP contribution in [0.3, 0.4) is 0 Å². The van der Waals surface area contributed by atoms with Crippen molar-refractivity contribution in [2.24, 2.45) is 0 Å². The molecule has 0 unspecified atom stereocenters. The molecule has 1 aromatic heterocycles. The highest BCUT2D eigenvalue weighted by Crippen LogP contribution is 2.21. The van der Waals surface area contributed by atoms with Crippen LogP contribution in [0.15, 0.2) is 41.0 Å². The van der Waals surface area contributed by atoms with Crippen LogP contribution in [0.4, 0.5) is 5.69 Å². The molecule has 0 bridgehead atoms. The Kier molecular flexibility index (Phi) is 4.39. The number of carbonyl (C=O) groups excluding carboxylic acids is 2. The summed E-state index contributed by atoms with van der Waals surface area (Å²) in [5, 5.41) is 2.64. The van der Waals surface area contributed by atoms with Gasteiger partial charge in [-0.3, -0.25) is 9.59 Å². The molecule has 0 spiro atoms. The number of nitrogens with two attached hydrogens (primary N) is 1. The van der Waals surface area contributed by atoms with E-state index in [1.807, 2.05) is 0 Å². The van der Waals surface area contributed by atoms with Gasteiger partial charge in [-0.05, 0) is 30.3 Å². The number of rotatable bonds is 6. The third-order valence-electron chi connectivity index (χ3n) is 2.57. The van der Waals surface area contributed by atoms with Gasteiger partial charge in [-0.2, -0.15) is 0 Å². The van der Waals surface area contributed by atoms with Crippen LogP contribution in [0.5, 0.6) is 5.75 Å². The molecular weight excluding hydrogens is 260 g/mol. The first kappa shape index (κ1) is 13.7. The lowest BCUT2D eigenvalue weighted by molar-refractivity contribution is -0.123. The highest BCUT2D eigenvalue weighted by molar-refractivity contribution is 5.79. The highest BCUT2D eigenvalue weighted by atomic mass is 16.5. The molecule has 1 heterocycles. The Labute approximate surface area is 115 Å². The number of furan rings is 1. The van der Waals surface area contributed by atoms with E-state index < -0.39 is 0 Å². The molecule has 2 aromatic rings. The fourth-order valence-electron chi connectivity index (χ4n) is 1.56. The van der Waals surface area contributed by atoms with Crippen molar-refractivity contribution in [3.63, 3.8) is 0 Å². The first-order valence-electron chi connectivity index (χ1n) is 5.95. The maximum atomic E-state index is 11.6. The Morgan fingerprint density at radius 1 is 1.40 bits per heavy atom. The fourth-order valence-corrected chi connectivity index (χ4v) is 1.56. The molecule has 6 nitrogen and oxygen atoms in total. The van der Waals surface area contributed by atoms with E-state index in [2.05, 4.69) is 5.32 Å². The molecule has 1 aromatic carbocycles. The summed E-state index contributed by atoms with van der Waals surface area (Å²) in [6.45, 7) is 0.139. The molecule has 0 saturated carbocycles. The molecule has 0 fully saturated rings. The van der Waals surface area contributed by atoms with Crippen LogP contribution < -0.4 is 15.8 Å². The molecule has 0 aliphatic heterocycles. The molecular formula is C14H14N2O4. The van der Waals surface area contributed by atoms with Gasteiger partial charge in [0.05, 0.1) is 18.5 Å². The zero-order valence-electron chi connectivity index (χ0n) is 10.7. The van der Waals surface area contributed by atoms with Crippen molar-refractivity contribution < 1.29 is 18.7 Å². The molecule has 0 saturated heterocycles. The molecule has 1 amide bonds. The molecule has 2 rings (SSSR count). The van der Waals surface area contributed by atoms with Crippen molar-refractivity contribution in [2.75, 3.05) is 12.3 Å². The third kappa shape index (κ3) is 3.61. The summed E-state index contributed by atoms with van der Waals surface area (Å²) in [6, 6.07) is 8.12. The minimum Gasteiger partial charge on any atom is -0.482 e. The van der Waals surface area contributed by atoms with Gasteiger partial charge in [-0.15, -0.1) is 0 Å². The third-order valence-corrected chi connectivity index (χ3v) is 2.57. The molecule has 0 radical (unpaired) electrons. The minimum atomic E-state index is -0.291. The second kappa shape index (κ2) is 6.42. The van der Waals surface area contributed by atoms with Crippen molar-refractivity contribution in [2.45, 2.75) is 6.54 Å². The molecule has 0 aliphatic carbocycles. The van der Waals surface area contributed by atoms with Gasteiger partial charge in [0.1, 0.15) is 17.8 Å². The predicted octanol–water partition coefficient (Wildman–Crippen LogP) is 1.37. The smallest absolute Gasteiger partial charge is 0.258 e. The molecule has 0 aliphatic rings. The quantitative estimate of drug-likeness (QED) is 0.612. The second-order valence-electron chi connectivity index (χ2n) is 4.06. The summed E-state index contributed by atoms with van der Waals surface area (Å²) < 4.78 is 10.4. The lowest BCUT2D eigenvalue weighted by atomic mass is 10.2. The molecule has 104 valence electrons. The van der Waals surface area contributed by atoms with Crippen LogP contribution in [0.2, 0.25) is 0 Å². The van der Waals surface area contributed by atoms with Crippen LogP contribution in [0, 0.1) is 0 Å². The average molecular weight is 274 g/mol. The van der Waals surface area contributed by atoms with Crippen molar-refractivity contribution in [3.8, 4) is 5.75 Å². The maximum Gasteiger partial charge on any atom is 0.258 e. The lowest BCUT2D eigenvalue weighted by Crippen LogP contribution is -2.28. The van der Waals surface area contributed by atoms with E-state index >= 15 is 0 Å². The number of benzene rings is 1.